The van der Waals surface area contributed by atoms with Gasteiger partial charge in [0, 0.05) is 30.2 Å². The van der Waals surface area contributed by atoms with Crippen LogP contribution in [0.25, 0.3) is 11.0 Å². The standard InChI is InChI=1S/C16H23N3O2/c1-4-11(2)19(3)8-7-18-16(20)15-10-12-9-13(17)5-6-14(12)21-15/h5-6,9-11H,4,7-8,17H2,1-3H3,(H,18,20). The van der Waals surface area contributed by atoms with Gasteiger partial charge in [-0.25, -0.2) is 0 Å². The van der Waals surface area contributed by atoms with Crippen molar-refractivity contribution in [3.05, 3.63) is 30.0 Å². The summed E-state index contributed by atoms with van der Waals surface area (Å²) in [5.41, 5.74) is 7.05. The lowest BCUT2D eigenvalue weighted by Gasteiger charge is -2.23. The Hall–Kier alpha value is -2.01. The first-order valence-corrected chi connectivity index (χ1v) is 7.28. The second kappa shape index (κ2) is 6.63. The molecule has 1 aromatic heterocycles. The molecule has 0 bridgehead atoms. The normalized spacial score (nSPS) is 12.8. The van der Waals surface area contributed by atoms with Crippen molar-refractivity contribution in [2.24, 2.45) is 0 Å². The smallest absolute Gasteiger partial charge is 0.287 e. The topological polar surface area (TPSA) is 71.5 Å². The van der Waals surface area contributed by atoms with Gasteiger partial charge in [-0.15, -0.1) is 0 Å². The van der Waals surface area contributed by atoms with E-state index in [0.29, 0.717) is 29.6 Å². The molecule has 1 amide bonds. The number of benzene rings is 1. The summed E-state index contributed by atoms with van der Waals surface area (Å²) in [7, 11) is 2.06. The lowest BCUT2D eigenvalue weighted by molar-refractivity contribution is 0.0922. The van der Waals surface area contributed by atoms with Crippen LogP contribution in [0, 0.1) is 0 Å². The monoisotopic (exact) mass is 289 g/mol. The molecule has 114 valence electrons. The maximum atomic E-state index is 12.1. The Balaban J connectivity index is 1.93. The van der Waals surface area contributed by atoms with Crippen molar-refractivity contribution < 1.29 is 9.21 Å². The van der Waals surface area contributed by atoms with Crippen LogP contribution in [0.4, 0.5) is 5.69 Å². The molecule has 5 nitrogen and oxygen atoms in total. The zero-order chi connectivity index (χ0) is 15.4. The third-order valence-corrected chi connectivity index (χ3v) is 3.86. The van der Waals surface area contributed by atoms with Crippen LogP contribution >= 0.6 is 0 Å². The van der Waals surface area contributed by atoms with Gasteiger partial charge in [0.1, 0.15) is 5.58 Å². The predicted molar refractivity (Wildman–Crippen MR) is 85.3 cm³/mol. The average Bonchev–Trinajstić information content (AvgIpc) is 2.89. The fraction of sp³-hybridized carbons (Fsp3) is 0.438. The molecular formula is C16H23N3O2. The molecule has 0 saturated heterocycles. The Morgan fingerprint density at radius 3 is 2.90 bits per heavy atom. The van der Waals surface area contributed by atoms with Crippen molar-refractivity contribution in [2.75, 3.05) is 25.9 Å². The molecule has 0 aliphatic rings. The van der Waals surface area contributed by atoms with E-state index in [1.54, 1.807) is 24.3 Å². The molecule has 0 saturated carbocycles. The van der Waals surface area contributed by atoms with Crippen LogP contribution in [-0.4, -0.2) is 37.0 Å². The summed E-state index contributed by atoms with van der Waals surface area (Å²) in [4.78, 5) is 14.3. The molecular weight excluding hydrogens is 266 g/mol. The highest BCUT2D eigenvalue weighted by Gasteiger charge is 2.13. The number of fused-ring (bicyclic) bond motifs is 1. The average molecular weight is 289 g/mol. The van der Waals surface area contributed by atoms with Crippen molar-refractivity contribution in [3.63, 3.8) is 0 Å². The first kappa shape index (κ1) is 15.4. The Morgan fingerprint density at radius 2 is 2.19 bits per heavy atom. The van der Waals surface area contributed by atoms with E-state index in [1.165, 1.54) is 0 Å². The number of rotatable bonds is 6. The summed E-state index contributed by atoms with van der Waals surface area (Å²) in [5.74, 6) is 0.129. The van der Waals surface area contributed by atoms with Crippen LogP contribution in [0.15, 0.2) is 28.7 Å². The van der Waals surface area contributed by atoms with E-state index in [-0.39, 0.29) is 5.91 Å². The zero-order valence-corrected chi connectivity index (χ0v) is 12.8. The van der Waals surface area contributed by atoms with Gasteiger partial charge in [-0.3, -0.25) is 4.79 Å². The van der Waals surface area contributed by atoms with Gasteiger partial charge in [0.25, 0.3) is 5.91 Å². The number of nitrogens with one attached hydrogen (secondary N) is 1. The second-order valence-electron chi connectivity index (χ2n) is 5.40. The molecule has 0 spiro atoms. The maximum Gasteiger partial charge on any atom is 0.287 e. The molecule has 2 aromatic rings. The molecule has 1 heterocycles. The van der Waals surface area contributed by atoms with Gasteiger partial charge in [0.2, 0.25) is 0 Å². The van der Waals surface area contributed by atoms with Crippen LogP contribution in [0.2, 0.25) is 0 Å². The first-order chi connectivity index (χ1) is 10.0. The number of furan rings is 1. The van der Waals surface area contributed by atoms with Crippen molar-refractivity contribution in [2.45, 2.75) is 26.3 Å². The molecule has 1 atom stereocenters. The van der Waals surface area contributed by atoms with E-state index in [2.05, 4.69) is 31.1 Å². The number of carbonyl (C=O) groups excluding carboxylic acids is 1. The van der Waals surface area contributed by atoms with Gasteiger partial charge in [-0.2, -0.15) is 0 Å². The van der Waals surface area contributed by atoms with Gasteiger partial charge in [-0.1, -0.05) is 6.92 Å². The summed E-state index contributed by atoms with van der Waals surface area (Å²) in [6.45, 7) is 5.73. The van der Waals surface area contributed by atoms with Gasteiger partial charge in [-0.05, 0) is 44.7 Å². The zero-order valence-electron chi connectivity index (χ0n) is 12.8. The second-order valence-corrected chi connectivity index (χ2v) is 5.40. The summed E-state index contributed by atoms with van der Waals surface area (Å²) in [5, 5.41) is 3.72. The molecule has 2 rings (SSSR count). The van der Waals surface area contributed by atoms with Gasteiger partial charge < -0.3 is 20.4 Å². The van der Waals surface area contributed by atoms with E-state index in [9.17, 15) is 4.79 Å². The Kier molecular flexibility index (Phi) is 4.85. The fourth-order valence-corrected chi connectivity index (χ4v) is 2.14. The molecule has 0 aliphatic carbocycles. The molecule has 0 radical (unpaired) electrons. The van der Waals surface area contributed by atoms with E-state index in [1.807, 2.05) is 0 Å². The van der Waals surface area contributed by atoms with Crippen LogP contribution in [-0.2, 0) is 0 Å². The number of hydrogen-bond donors (Lipinski definition) is 2. The molecule has 1 aromatic carbocycles. The Labute approximate surface area is 125 Å². The largest absolute Gasteiger partial charge is 0.451 e. The lowest BCUT2D eigenvalue weighted by Crippen LogP contribution is -2.36. The van der Waals surface area contributed by atoms with E-state index in [4.69, 9.17) is 10.2 Å². The molecule has 3 N–H and O–H groups in total. The number of hydrogen-bond acceptors (Lipinski definition) is 4. The Morgan fingerprint density at radius 1 is 1.43 bits per heavy atom. The molecule has 21 heavy (non-hydrogen) atoms. The summed E-state index contributed by atoms with van der Waals surface area (Å²) in [6, 6.07) is 7.56. The van der Waals surface area contributed by atoms with Gasteiger partial charge in [0.15, 0.2) is 5.76 Å². The number of amides is 1. The number of nitrogen functional groups attached to an aromatic ring is 1. The van der Waals surface area contributed by atoms with Crippen LogP contribution in [0.1, 0.15) is 30.8 Å². The van der Waals surface area contributed by atoms with Crippen molar-refractivity contribution in [1.82, 2.24) is 10.2 Å². The van der Waals surface area contributed by atoms with Crippen LogP contribution in [0.3, 0.4) is 0 Å². The predicted octanol–water partition coefficient (Wildman–Crippen LogP) is 2.48. The number of anilines is 1. The number of carbonyl (C=O) groups is 1. The van der Waals surface area contributed by atoms with Crippen LogP contribution < -0.4 is 11.1 Å². The van der Waals surface area contributed by atoms with Gasteiger partial charge >= 0.3 is 0 Å². The first-order valence-electron chi connectivity index (χ1n) is 7.28. The van der Waals surface area contributed by atoms with Crippen molar-refractivity contribution in [3.8, 4) is 0 Å². The highest BCUT2D eigenvalue weighted by Crippen LogP contribution is 2.21. The maximum absolute atomic E-state index is 12.1. The number of nitrogens with two attached hydrogens (primary N) is 1. The van der Waals surface area contributed by atoms with Gasteiger partial charge in [0.05, 0.1) is 0 Å². The molecule has 5 heteroatoms. The summed E-state index contributed by atoms with van der Waals surface area (Å²) < 4.78 is 5.53. The van der Waals surface area contributed by atoms with Crippen LogP contribution in [0.5, 0.6) is 0 Å². The minimum absolute atomic E-state index is 0.192. The minimum Gasteiger partial charge on any atom is -0.451 e. The van der Waals surface area contributed by atoms with Crippen molar-refractivity contribution >= 4 is 22.6 Å². The number of nitrogens with zero attached hydrogens (tertiary/aromatic N) is 1. The third-order valence-electron chi connectivity index (χ3n) is 3.86. The van der Waals surface area contributed by atoms with Crippen molar-refractivity contribution in [1.29, 1.82) is 0 Å². The summed E-state index contributed by atoms with van der Waals surface area (Å²) >= 11 is 0. The minimum atomic E-state index is -0.192. The quantitative estimate of drug-likeness (QED) is 0.801. The highest BCUT2D eigenvalue weighted by molar-refractivity contribution is 5.96. The molecule has 0 fully saturated rings. The van der Waals surface area contributed by atoms with E-state index in [0.717, 1.165) is 18.4 Å². The van der Waals surface area contributed by atoms with E-state index >= 15 is 0 Å². The van der Waals surface area contributed by atoms with E-state index < -0.39 is 0 Å². The lowest BCUT2D eigenvalue weighted by atomic mass is 10.2. The SMILES string of the molecule is CCC(C)N(C)CCNC(=O)c1cc2cc(N)ccc2o1. The number of likely N-dealkylation sites (N-methyl/N-ethyl adjacent to an activating group) is 1. The molecule has 0 aliphatic heterocycles. The highest BCUT2D eigenvalue weighted by atomic mass is 16.3. The fourth-order valence-electron chi connectivity index (χ4n) is 2.14. The summed E-state index contributed by atoms with van der Waals surface area (Å²) in [6.07, 6.45) is 1.09. The Bertz CT molecular complexity index is 621. The third kappa shape index (κ3) is 3.76. The molecule has 1 unspecified atom stereocenters.